The van der Waals surface area contributed by atoms with Crippen molar-refractivity contribution in [3.8, 4) is 0 Å². The van der Waals surface area contributed by atoms with E-state index < -0.39 is 23.7 Å². The molecule has 1 atom stereocenters. The van der Waals surface area contributed by atoms with Gasteiger partial charge in [-0.3, -0.25) is 14.5 Å². The molecular weight excluding hydrogens is 434 g/mol. The summed E-state index contributed by atoms with van der Waals surface area (Å²) in [7, 11) is 0. The standard InChI is InChI=1S/C14H17Br2N3O4/c1-14(2,3)23-9(20)6-19-12(21)10-11(13(19)22)18-8(5-16)7(4-15)17-10/h12,21H,4-6H2,1-3H3. The second-order valence-corrected chi connectivity index (χ2v) is 7.13. The summed E-state index contributed by atoms with van der Waals surface area (Å²) in [6.45, 7) is 4.84. The van der Waals surface area contributed by atoms with E-state index in [4.69, 9.17) is 4.74 Å². The first-order valence-electron chi connectivity index (χ1n) is 6.90. The zero-order valence-corrected chi connectivity index (χ0v) is 16.1. The molecule has 0 radical (unpaired) electrons. The zero-order valence-electron chi connectivity index (χ0n) is 13.0. The quantitative estimate of drug-likeness (QED) is 0.557. The van der Waals surface area contributed by atoms with Gasteiger partial charge in [0.25, 0.3) is 5.91 Å². The van der Waals surface area contributed by atoms with Gasteiger partial charge in [0.1, 0.15) is 17.8 Å². The summed E-state index contributed by atoms with van der Waals surface area (Å²) in [6, 6.07) is 0. The van der Waals surface area contributed by atoms with Crippen molar-refractivity contribution < 1.29 is 19.4 Å². The van der Waals surface area contributed by atoms with Gasteiger partial charge in [0.05, 0.1) is 11.4 Å². The fourth-order valence-electron chi connectivity index (χ4n) is 2.14. The molecule has 7 nitrogen and oxygen atoms in total. The van der Waals surface area contributed by atoms with Crippen molar-refractivity contribution in [2.45, 2.75) is 43.3 Å². The Hall–Kier alpha value is -1.06. The van der Waals surface area contributed by atoms with Gasteiger partial charge in [0.2, 0.25) is 0 Å². The number of esters is 1. The number of carbonyl (C=O) groups excluding carboxylic acids is 2. The first kappa shape index (κ1) is 18.3. The second-order valence-electron chi connectivity index (χ2n) is 6.01. The number of hydrogen-bond donors (Lipinski definition) is 1. The molecule has 126 valence electrons. The summed E-state index contributed by atoms with van der Waals surface area (Å²) in [5.74, 6) is -1.13. The monoisotopic (exact) mass is 449 g/mol. The predicted octanol–water partition coefficient (Wildman–Crippen LogP) is 2.05. The fourth-order valence-corrected chi connectivity index (χ4v) is 3.03. The number of fused-ring (bicyclic) bond motifs is 1. The van der Waals surface area contributed by atoms with Crippen molar-refractivity contribution >= 4 is 43.7 Å². The number of hydrogen-bond acceptors (Lipinski definition) is 6. The van der Waals surface area contributed by atoms with Crippen molar-refractivity contribution in [1.29, 1.82) is 0 Å². The van der Waals surface area contributed by atoms with Crippen LogP contribution in [-0.2, 0) is 20.2 Å². The van der Waals surface area contributed by atoms with E-state index in [1.807, 2.05) is 0 Å². The smallest absolute Gasteiger partial charge is 0.326 e. The molecular formula is C14H17Br2N3O4. The normalized spacial score (nSPS) is 17.4. The minimum atomic E-state index is -1.31. The molecule has 0 saturated heterocycles. The average molecular weight is 451 g/mol. The third kappa shape index (κ3) is 3.89. The van der Waals surface area contributed by atoms with Gasteiger partial charge >= 0.3 is 5.97 Å². The molecule has 0 aliphatic carbocycles. The number of halogens is 2. The predicted molar refractivity (Wildman–Crippen MR) is 89.1 cm³/mol. The van der Waals surface area contributed by atoms with Crippen LogP contribution in [-0.4, -0.2) is 44.0 Å². The molecule has 1 aromatic heterocycles. The van der Waals surface area contributed by atoms with Gasteiger partial charge in [-0.2, -0.15) is 0 Å². The van der Waals surface area contributed by atoms with Gasteiger partial charge in [-0.15, -0.1) is 0 Å². The molecule has 2 heterocycles. The topological polar surface area (TPSA) is 92.6 Å². The molecule has 0 spiro atoms. The summed E-state index contributed by atoms with van der Waals surface area (Å²) in [5.41, 5.74) is 0.810. The van der Waals surface area contributed by atoms with E-state index in [1.54, 1.807) is 20.8 Å². The molecule has 1 amide bonds. The Morgan fingerprint density at radius 2 is 1.83 bits per heavy atom. The van der Waals surface area contributed by atoms with Crippen LogP contribution in [0.2, 0.25) is 0 Å². The highest BCUT2D eigenvalue weighted by molar-refractivity contribution is 9.09. The fraction of sp³-hybridized carbons (Fsp3) is 0.571. The van der Waals surface area contributed by atoms with E-state index in [2.05, 4.69) is 41.8 Å². The lowest BCUT2D eigenvalue weighted by molar-refractivity contribution is -0.157. The summed E-state index contributed by atoms with van der Waals surface area (Å²) in [5, 5.41) is 11.2. The van der Waals surface area contributed by atoms with Crippen LogP contribution in [0.3, 0.4) is 0 Å². The number of aliphatic hydroxyl groups excluding tert-OH is 1. The van der Waals surface area contributed by atoms with Crippen LogP contribution < -0.4 is 0 Å². The number of ether oxygens (including phenoxy) is 1. The Bertz CT molecular complexity index is 646. The van der Waals surface area contributed by atoms with Crippen LogP contribution in [0, 0.1) is 0 Å². The molecule has 2 rings (SSSR count). The van der Waals surface area contributed by atoms with E-state index in [0.29, 0.717) is 22.0 Å². The highest BCUT2D eigenvalue weighted by atomic mass is 79.9. The Labute approximate surface area is 150 Å². The van der Waals surface area contributed by atoms with Gasteiger partial charge < -0.3 is 9.84 Å². The number of aromatic nitrogens is 2. The van der Waals surface area contributed by atoms with Gasteiger partial charge in [-0.05, 0) is 20.8 Å². The number of nitrogens with zero attached hydrogens (tertiary/aromatic N) is 3. The Balaban J connectivity index is 2.27. The molecule has 1 unspecified atom stereocenters. The summed E-state index contributed by atoms with van der Waals surface area (Å²) in [4.78, 5) is 33.9. The molecule has 9 heteroatoms. The number of aliphatic hydroxyl groups is 1. The van der Waals surface area contributed by atoms with Crippen LogP contribution in [0.5, 0.6) is 0 Å². The highest BCUT2D eigenvalue weighted by Gasteiger charge is 2.40. The molecule has 1 N–H and O–H groups in total. The van der Waals surface area contributed by atoms with E-state index >= 15 is 0 Å². The lowest BCUT2D eigenvalue weighted by atomic mass is 10.2. The zero-order chi connectivity index (χ0) is 17.4. The highest BCUT2D eigenvalue weighted by Crippen LogP contribution is 2.30. The van der Waals surface area contributed by atoms with Crippen LogP contribution in [0.1, 0.15) is 54.6 Å². The third-order valence-electron chi connectivity index (χ3n) is 3.05. The summed E-state index contributed by atoms with van der Waals surface area (Å²) >= 11 is 6.60. The molecule has 1 aliphatic heterocycles. The Morgan fingerprint density at radius 3 is 2.35 bits per heavy atom. The van der Waals surface area contributed by atoms with E-state index in [-0.39, 0.29) is 17.9 Å². The van der Waals surface area contributed by atoms with Crippen LogP contribution >= 0.6 is 31.9 Å². The van der Waals surface area contributed by atoms with Crippen LogP contribution in [0.4, 0.5) is 0 Å². The van der Waals surface area contributed by atoms with E-state index in [0.717, 1.165) is 4.90 Å². The average Bonchev–Trinajstić information content (AvgIpc) is 2.68. The minimum Gasteiger partial charge on any atom is -0.459 e. The van der Waals surface area contributed by atoms with Crippen LogP contribution in [0.15, 0.2) is 0 Å². The lowest BCUT2D eigenvalue weighted by Gasteiger charge is -2.23. The Kier molecular flexibility index (Phi) is 5.42. The third-order valence-corrected chi connectivity index (χ3v) is 4.12. The minimum absolute atomic E-state index is 0.0696. The van der Waals surface area contributed by atoms with Crippen molar-refractivity contribution in [1.82, 2.24) is 14.9 Å². The number of carbonyl (C=O) groups is 2. The van der Waals surface area contributed by atoms with Gasteiger partial charge in [-0.1, -0.05) is 31.9 Å². The lowest BCUT2D eigenvalue weighted by Crippen LogP contribution is -2.37. The summed E-state index contributed by atoms with van der Waals surface area (Å²) in [6.07, 6.45) is -1.31. The van der Waals surface area contributed by atoms with Gasteiger partial charge in [0, 0.05) is 10.7 Å². The Morgan fingerprint density at radius 1 is 1.26 bits per heavy atom. The van der Waals surface area contributed by atoms with Gasteiger partial charge in [0.15, 0.2) is 11.9 Å². The molecule has 0 bridgehead atoms. The van der Waals surface area contributed by atoms with E-state index in [9.17, 15) is 14.7 Å². The molecule has 1 aliphatic rings. The van der Waals surface area contributed by atoms with Crippen molar-refractivity contribution in [2.75, 3.05) is 6.54 Å². The SMILES string of the molecule is CC(C)(C)OC(=O)CN1C(=O)c2nc(CBr)c(CBr)nc2C1O. The molecule has 1 aromatic rings. The molecule has 0 fully saturated rings. The van der Waals surface area contributed by atoms with Crippen molar-refractivity contribution in [2.24, 2.45) is 0 Å². The van der Waals surface area contributed by atoms with Crippen molar-refractivity contribution in [3.05, 3.63) is 22.8 Å². The maximum atomic E-state index is 12.4. The number of rotatable bonds is 4. The maximum Gasteiger partial charge on any atom is 0.326 e. The van der Waals surface area contributed by atoms with E-state index in [1.165, 1.54) is 0 Å². The molecule has 0 aromatic carbocycles. The largest absolute Gasteiger partial charge is 0.459 e. The van der Waals surface area contributed by atoms with Gasteiger partial charge in [-0.25, -0.2) is 9.97 Å². The maximum absolute atomic E-state index is 12.4. The second kappa shape index (κ2) is 6.82. The molecule has 0 saturated carbocycles. The van der Waals surface area contributed by atoms with Crippen molar-refractivity contribution in [3.63, 3.8) is 0 Å². The van der Waals surface area contributed by atoms with Crippen LogP contribution in [0.25, 0.3) is 0 Å². The first-order valence-corrected chi connectivity index (χ1v) is 9.14. The first-order chi connectivity index (χ1) is 10.7. The number of amides is 1. The molecule has 23 heavy (non-hydrogen) atoms. The number of alkyl halides is 2. The summed E-state index contributed by atoms with van der Waals surface area (Å²) < 4.78 is 5.19.